The number of fused-ring (bicyclic) bond motifs is 1. The third-order valence-corrected chi connectivity index (χ3v) is 5.07. The Bertz CT molecular complexity index is 1080. The highest BCUT2D eigenvalue weighted by atomic mass is 16.3. The van der Waals surface area contributed by atoms with Crippen molar-refractivity contribution in [1.29, 1.82) is 0 Å². The summed E-state index contributed by atoms with van der Waals surface area (Å²) < 4.78 is 0. The van der Waals surface area contributed by atoms with Gasteiger partial charge in [0.05, 0.1) is 5.56 Å². The van der Waals surface area contributed by atoms with E-state index in [1.807, 2.05) is 25.1 Å². The summed E-state index contributed by atoms with van der Waals surface area (Å²) >= 11 is 0. The molecule has 1 aliphatic rings. The molecule has 0 aliphatic carbocycles. The number of phenolic OH excluding ortho intramolecular Hbond substituents is 2. The number of benzene rings is 2. The number of phenols is 2. The summed E-state index contributed by atoms with van der Waals surface area (Å²) in [7, 11) is 0. The maximum atomic E-state index is 13.0. The molecule has 1 aliphatic heterocycles. The van der Waals surface area contributed by atoms with Gasteiger partial charge in [0.15, 0.2) is 0 Å². The molecule has 142 valence electrons. The first-order valence-corrected chi connectivity index (χ1v) is 9.14. The van der Waals surface area contributed by atoms with Crippen molar-refractivity contribution >= 4 is 17.4 Å². The van der Waals surface area contributed by atoms with Crippen LogP contribution >= 0.6 is 0 Å². The first-order chi connectivity index (χ1) is 13.4. The van der Waals surface area contributed by atoms with Crippen LogP contribution < -0.4 is 10.6 Å². The lowest BCUT2D eigenvalue weighted by Gasteiger charge is -2.30. The minimum Gasteiger partial charge on any atom is -0.508 e. The Kier molecular flexibility index (Phi) is 4.39. The van der Waals surface area contributed by atoms with Crippen LogP contribution in [0.3, 0.4) is 0 Å². The third-order valence-electron chi connectivity index (χ3n) is 5.07. The number of hydrogen-bond donors (Lipinski definition) is 3. The predicted molar refractivity (Wildman–Crippen MR) is 109 cm³/mol. The van der Waals surface area contributed by atoms with E-state index in [1.54, 1.807) is 11.0 Å². The molecule has 1 amide bonds. The lowest BCUT2D eigenvalue weighted by Crippen LogP contribution is -2.35. The van der Waals surface area contributed by atoms with Gasteiger partial charge in [-0.05, 0) is 67.3 Å². The van der Waals surface area contributed by atoms with Crippen molar-refractivity contribution in [3.05, 3.63) is 65.4 Å². The number of hydrogen-bond acceptors (Lipinski definition) is 5. The molecular weight excluding hydrogens is 354 g/mol. The largest absolute Gasteiger partial charge is 0.508 e. The lowest BCUT2D eigenvalue weighted by molar-refractivity contribution is 0.0982. The zero-order valence-corrected chi connectivity index (χ0v) is 15.5. The molecule has 0 bridgehead atoms. The molecule has 0 spiro atoms. The van der Waals surface area contributed by atoms with Crippen LogP contribution in [0.1, 0.15) is 28.0 Å². The van der Waals surface area contributed by atoms with E-state index in [0.29, 0.717) is 12.4 Å². The van der Waals surface area contributed by atoms with E-state index in [1.165, 1.54) is 18.2 Å². The number of nitrogen functional groups attached to an aromatic ring is 1. The first-order valence-electron chi connectivity index (χ1n) is 9.14. The van der Waals surface area contributed by atoms with Crippen molar-refractivity contribution < 1.29 is 15.0 Å². The number of rotatable bonds is 2. The normalized spacial score (nSPS) is 13.2. The van der Waals surface area contributed by atoms with E-state index in [0.717, 1.165) is 40.9 Å². The van der Waals surface area contributed by atoms with Gasteiger partial charge in [-0.25, -0.2) is 4.98 Å². The van der Waals surface area contributed by atoms with E-state index in [-0.39, 0.29) is 23.0 Å². The van der Waals surface area contributed by atoms with Crippen LogP contribution in [-0.2, 0) is 6.42 Å². The zero-order chi connectivity index (χ0) is 19.8. The van der Waals surface area contributed by atoms with Crippen LogP contribution in [-0.4, -0.2) is 27.6 Å². The molecule has 6 heteroatoms. The van der Waals surface area contributed by atoms with Gasteiger partial charge in [-0.2, -0.15) is 0 Å². The summed E-state index contributed by atoms with van der Waals surface area (Å²) in [5.74, 6) is -0.0938. The van der Waals surface area contributed by atoms with E-state index in [2.05, 4.69) is 11.1 Å². The highest BCUT2D eigenvalue weighted by Crippen LogP contribution is 2.34. The first kappa shape index (κ1) is 17.9. The monoisotopic (exact) mass is 375 g/mol. The second-order valence-electron chi connectivity index (χ2n) is 6.97. The number of aryl methyl sites for hydroxylation is 2. The maximum absolute atomic E-state index is 13.0. The van der Waals surface area contributed by atoms with Crippen molar-refractivity contribution in [2.45, 2.75) is 19.8 Å². The van der Waals surface area contributed by atoms with Gasteiger partial charge in [0.1, 0.15) is 17.3 Å². The number of nitrogens with two attached hydrogens (primary N) is 1. The van der Waals surface area contributed by atoms with Crippen molar-refractivity contribution in [3.63, 3.8) is 0 Å². The van der Waals surface area contributed by atoms with Crippen LogP contribution in [0.15, 0.2) is 48.5 Å². The standard InChI is InChI=1S/C22H21N3O3/c1-13-17(7-9-21(23)24-13)14-4-8-19-15(11-14)3-2-10-25(19)22(28)18-6-5-16(26)12-20(18)27/h4-9,11-12,26-27H,2-3,10H2,1H3,(H2,23,24). The quantitative estimate of drug-likeness (QED) is 0.635. The van der Waals surface area contributed by atoms with Crippen molar-refractivity contribution in [2.75, 3.05) is 17.2 Å². The number of anilines is 2. The fraction of sp³-hybridized carbons (Fsp3) is 0.182. The number of aromatic hydroxyl groups is 2. The zero-order valence-electron chi connectivity index (χ0n) is 15.5. The Morgan fingerprint density at radius 3 is 2.68 bits per heavy atom. The van der Waals surface area contributed by atoms with Crippen molar-refractivity contribution in [2.24, 2.45) is 0 Å². The van der Waals surface area contributed by atoms with Gasteiger partial charge in [0.2, 0.25) is 0 Å². The van der Waals surface area contributed by atoms with Gasteiger partial charge in [0.25, 0.3) is 5.91 Å². The van der Waals surface area contributed by atoms with Gasteiger partial charge >= 0.3 is 0 Å². The Morgan fingerprint density at radius 1 is 1.11 bits per heavy atom. The molecule has 0 radical (unpaired) electrons. The SMILES string of the molecule is Cc1nc(N)ccc1-c1ccc2c(c1)CCCN2C(=O)c1ccc(O)cc1O. The molecule has 4 N–H and O–H groups in total. The van der Waals surface area contributed by atoms with Gasteiger partial charge in [-0.3, -0.25) is 4.79 Å². The van der Waals surface area contributed by atoms with Crippen molar-refractivity contribution in [3.8, 4) is 22.6 Å². The Labute approximate surface area is 162 Å². The van der Waals surface area contributed by atoms with Crippen LogP contribution in [0.25, 0.3) is 11.1 Å². The maximum Gasteiger partial charge on any atom is 0.262 e. The molecule has 0 fully saturated rings. The van der Waals surface area contributed by atoms with Gasteiger partial charge in [-0.15, -0.1) is 0 Å². The van der Waals surface area contributed by atoms with E-state index < -0.39 is 0 Å². The average Bonchev–Trinajstić information content (AvgIpc) is 2.66. The molecule has 0 atom stereocenters. The van der Waals surface area contributed by atoms with Gasteiger partial charge < -0.3 is 20.8 Å². The molecule has 1 aromatic heterocycles. The number of carbonyl (C=O) groups excluding carboxylic acids is 1. The highest BCUT2D eigenvalue weighted by Gasteiger charge is 2.26. The molecule has 28 heavy (non-hydrogen) atoms. The Hall–Kier alpha value is -3.54. The van der Waals surface area contributed by atoms with E-state index in [9.17, 15) is 15.0 Å². The lowest BCUT2D eigenvalue weighted by atomic mass is 9.95. The molecule has 0 saturated carbocycles. The molecule has 2 heterocycles. The van der Waals surface area contributed by atoms with Gasteiger partial charge in [0, 0.05) is 29.6 Å². The van der Waals surface area contributed by atoms with E-state index >= 15 is 0 Å². The molecule has 0 unspecified atom stereocenters. The number of carbonyl (C=O) groups is 1. The van der Waals surface area contributed by atoms with Crippen LogP contribution in [0.5, 0.6) is 11.5 Å². The molecule has 0 saturated heterocycles. The Morgan fingerprint density at radius 2 is 1.93 bits per heavy atom. The van der Waals surface area contributed by atoms with Crippen LogP contribution in [0.4, 0.5) is 11.5 Å². The van der Waals surface area contributed by atoms with Gasteiger partial charge in [-0.1, -0.05) is 6.07 Å². The summed E-state index contributed by atoms with van der Waals surface area (Å²) in [5, 5.41) is 19.5. The van der Waals surface area contributed by atoms with Crippen LogP contribution in [0.2, 0.25) is 0 Å². The number of pyridine rings is 1. The summed E-state index contributed by atoms with van der Waals surface area (Å²) in [6.07, 6.45) is 1.70. The van der Waals surface area contributed by atoms with Crippen LogP contribution in [0, 0.1) is 6.92 Å². The molecular formula is C22H21N3O3. The number of nitrogens with zero attached hydrogens (tertiary/aromatic N) is 2. The molecule has 4 rings (SSSR count). The molecule has 6 nitrogen and oxygen atoms in total. The minimum atomic E-state index is -0.281. The number of aromatic nitrogens is 1. The summed E-state index contributed by atoms with van der Waals surface area (Å²) in [6, 6.07) is 13.8. The highest BCUT2D eigenvalue weighted by molar-refractivity contribution is 6.08. The summed E-state index contributed by atoms with van der Waals surface area (Å²) in [4.78, 5) is 19.0. The summed E-state index contributed by atoms with van der Waals surface area (Å²) in [5.41, 5.74) is 10.7. The number of amides is 1. The fourth-order valence-electron chi connectivity index (χ4n) is 3.71. The molecule has 3 aromatic rings. The molecule has 2 aromatic carbocycles. The fourth-order valence-corrected chi connectivity index (χ4v) is 3.71. The second kappa shape index (κ2) is 6.88. The smallest absolute Gasteiger partial charge is 0.262 e. The summed E-state index contributed by atoms with van der Waals surface area (Å²) in [6.45, 7) is 2.50. The topological polar surface area (TPSA) is 99.7 Å². The van der Waals surface area contributed by atoms with E-state index in [4.69, 9.17) is 5.73 Å². The minimum absolute atomic E-state index is 0.0785. The second-order valence-corrected chi connectivity index (χ2v) is 6.97. The van der Waals surface area contributed by atoms with Crippen molar-refractivity contribution in [1.82, 2.24) is 4.98 Å². The predicted octanol–water partition coefficient (Wildman–Crippen LogP) is 3.64. The third kappa shape index (κ3) is 3.13. The average molecular weight is 375 g/mol. The Balaban J connectivity index is 1.71.